The second-order valence-corrected chi connectivity index (χ2v) is 5.75. The number of hydrogen-bond donors (Lipinski definition) is 1. The summed E-state index contributed by atoms with van der Waals surface area (Å²) in [6, 6.07) is 14.2. The van der Waals surface area contributed by atoms with Gasteiger partial charge in [-0.25, -0.2) is 4.79 Å². The van der Waals surface area contributed by atoms with Crippen LogP contribution in [0, 0.1) is 0 Å². The van der Waals surface area contributed by atoms with E-state index in [-0.39, 0.29) is 11.9 Å². The zero-order valence-electron chi connectivity index (χ0n) is 13.2. The smallest absolute Gasteiger partial charge is 0.338 e. The molecule has 0 saturated heterocycles. The zero-order valence-corrected chi connectivity index (χ0v) is 14.0. The molecule has 4 nitrogen and oxygen atoms in total. The number of hydrogen-bond acceptors (Lipinski definition) is 4. The second-order valence-electron chi connectivity index (χ2n) is 4.88. The summed E-state index contributed by atoms with van der Waals surface area (Å²) in [5, 5.41) is 2.81. The van der Waals surface area contributed by atoms with Crippen molar-refractivity contribution in [1.82, 2.24) is 0 Å². The highest BCUT2D eigenvalue weighted by molar-refractivity contribution is 7.97. The summed E-state index contributed by atoms with van der Waals surface area (Å²) in [6.45, 7) is 2.10. The van der Waals surface area contributed by atoms with Gasteiger partial charge < -0.3 is 10.1 Å². The van der Waals surface area contributed by atoms with Crippen LogP contribution in [0.5, 0.6) is 0 Å². The molecule has 0 aliphatic heterocycles. The number of rotatable bonds is 6. The quantitative estimate of drug-likeness (QED) is 0.815. The lowest BCUT2D eigenvalue weighted by Crippen LogP contribution is -2.12. The molecule has 0 spiro atoms. The summed E-state index contributed by atoms with van der Waals surface area (Å²) < 4.78 is 4.92. The number of nitrogens with one attached hydrogen (secondary N) is 1. The van der Waals surface area contributed by atoms with Gasteiger partial charge in [0.25, 0.3) is 5.91 Å². The van der Waals surface area contributed by atoms with Crippen molar-refractivity contribution in [2.45, 2.75) is 12.7 Å². The van der Waals surface area contributed by atoms with Crippen LogP contribution >= 0.6 is 11.8 Å². The third kappa shape index (κ3) is 4.86. The number of amides is 1. The van der Waals surface area contributed by atoms with Crippen molar-refractivity contribution in [3.8, 4) is 0 Å². The zero-order chi connectivity index (χ0) is 16.7. The first-order valence-corrected chi connectivity index (χ1v) is 8.70. The van der Waals surface area contributed by atoms with E-state index in [0.717, 1.165) is 5.75 Å². The Morgan fingerprint density at radius 1 is 1.00 bits per heavy atom. The number of carbonyl (C=O) groups excluding carboxylic acids is 2. The normalized spacial score (nSPS) is 10.2. The molecule has 0 bridgehead atoms. The Morgan fingerprint density at radius 3 is 2.17 bits per heavy atom. The first-order chi connectivity index (χ1) is 11.1. The number of thioether (sulfide) groups is 1. The maximum absolute atomic E-state index is 12.2. The number of esters is 1. The van der Waals surface area contributed by atoms with Crippen LogP contribution in [0.2, 0.25) is 0 Å². The first kappa shape index (κ1) is 17.1. The van der Waals surface area contributed by atoms with Crippen LogP contribution in [0.15, 0.2) is 48.5 Å². The van der Waals surface area contributed by atoms with Gasteiger partial charge in [0.05, 0.1) is 12.2 Å². The van der Waals surface area contributed by atoms with Crippen LogP contribution in [0.1, 0.15) is 33.2 Å². The van der Waals surface area contributed by atoms with Gasteiger partial charge in [0.1, 0.15) is 0 Å². The highest BCUT2D eigenvalue weighted by Gasteiger charge is 2.08. The predicted octanol–water partition coefficient (Wildman–Crippen LogP) is 3.98. The third-order valence-corrected chi connectivity index (χ3v) is 3.80. The standard InChI is InChI=1S/C18H19NO3S/c1-3-22-18(21)15-8-10-16(11-9-15)19-17(20)14-6-4-13(5-7-14)12-23-2/h4-11H,3,12H2,1-2H3,(H,19,20). The van der Waals surface area contributed by atoms with Crippen molar-refractivity contribution in [2.75, 3.05) is 18.2 Å². The molecule has 120 valence electrons. The fourth-order valence-electron chi connectivity index (χ4n) is 2.03. The number of ether oxygens (including phenoxy) is 1. The van der Waals surface area contributed by atoms with Crippen LogP contribution in [-0.4, -0.2) is 24.7 Å². The topological polar surface area (TPSA) is 55.4 Å². The molecule has 0 unspecified atom stereocenters. The van der Waals surface area contributed by atoms with Gasteiger partial charge in [-0.15, -0.1) is 0 Å². The first-order valence-electron chi connectivity index (χ1n) is 7.30. The van der Waals surface area contributed by atoms with E-state index in [9.17, 15) is 9.59 Å². The lowest BCUT2D eigenvalue weighted by Gasteiger charge is -2.07. The molecule has 2 rings (SSSR count). The molecule has 0 atom stereocenters. The third-order valence-electron chi connectivity index (χ3n) is 3.18. The molecule has 0 fully saturated rings. The van der Waals surface area contributed by atoms with Crippen LogP contribution in [0.4, 0.5) is 5.69 Å². The SMILES string of the molecule is CCOC(=O)c1ccc(NC(=O)c2ccc(CSC)cc2)cc1. The summed E-state index contributed by atoms with van der Waals surface area (Å²) in [4.78, 5) is 23.8. The Kier molecular flexibility index (Phi) is 6.23. The van der Waals surface area contributed by atoms with Crippen LogP contribution in [0.25, 0.3) is 0 Å². The van der Waals surface area contributed by atoms with E-state index >= 15 is 0 Å². The molecule has 0 radical (unpaired) electrons. The number of carbonyl (C=O) groups is 2. The molecular formula is C18H19NO3S. The van der Waals surface area contributed by atoms with Gasteiger partial charge in [-0.3, -0.25) is 4.79 Å². The Balaban J connectivity index is 2.00. The van der Waals surface area contributed by atoms with E-state index in [1.54, 1.807) is 43.0 Å². The molecule has 1 amide bonds. The molecular weight excluding hydrogens is 310 g/mol. The average Bonchev–Trinajstić information content (AvgIpc) is 2.56. The van der Waals surface area contributed by atoms with Gasteiger partial charge in [-0.1, -0.05) is 12.1 Å². The van der Waals surface area contributed by atoms with E-state index in [2.05, 4.69) is 5.32 Å². The molecule has 2 aromatic rings. The highest BCUT2D eigenvalue weighted by Crippen LogP contribution is 2.14. The molecule has 0 aromatic heterocycles. The fourth-order valence-corrected chi connectivity index (χ4v) is 2.55. The summed E-state index contributed by atoms with van der Waals surface area (Å²) in [6.07, 6.45) is 2.04. The van der Waals surface area contributed by atoms with Gasteiger partial charge in [-0.2, -0.15) is 11.8 Å². The van der Waals surface area contributed by atoms with Crippen molar-refractivity contribution in [1.29, 1.82) is 0 Å². The minimum Gasteiger partial charge on any atom is -0.462 e. The minimum absolute atomic E-state index is 0.176. The predicted molar refractivity (Wildman–Crippen MR) is 94.0 cm³/mol. The Morgan fingerprint density at radius 2 is 1.61 bits per heavy atom. The Labute approximate surface area is 140 Å². The van der Waals surface area contributed by atoms with Crippen molar-refractivity contribution >= 4 is 29.3 Å². The van der Waals surface area contributed by atoms with Crippen LogP contribution in [-0.2, 0) is 10.5 Å². The van der Waals surface area contributed by atoms with Crippen LogP contribution in [0.3, 0.4) is 0 Å². The van der Waals surface area contributed by atoms with E-state index in [1.807, 2.05) is 30.5 Å². The second kappa shape index (κ2) is 8.39. The molecule has 5 heteroatoms. The maximum Gasteiger partial charge on any atom is 0.338 e. The molecule has 0 heterocycles. The summed E-state index contributed by atoms with van der Waals surface area (Å²) in [5.41, 5.74) is 2.89. The summed E-state index contributed by atoms with van der Waals surface area (Å²) in [7, 11) is 0. The molecule has 23 heavy (non-hydrogen) atoms. The lowest BCUT2D eigenvalue weighted by atomic mass is 10.1. The van der Waals surface area contributed by atoms with Crippen molar-refractivity contribution in [3.05, 3.63) is 65.2 Å². The molecule has 1 N–H and O–H groups in total. The van der Waals surface area contributed by atoms with Gasteiger partial charge >= 0.3 is 5.97 Å². The van der Waals surface area contributed by atoms with Gasteiger partial charge in [0.2, 0.25) is 0 Å². The lowest BCUT2D eigenvalue weighted by molar-refractivity contribution is 0.0526. The molecule has 2 aromatic carbocycles. The molecule has 0 aliphatic rings. The average molecular weight is 329 g/mol. The van der Waals surface area contributed by atoms with Gasteiger partial charge in [0.15, 0.2) is 0 Å². The van der Waals surface area contributed by atoms with Gasteiger partial charge in [0, 0.05) is 17.0 Å². The van der Waals surface area contributed by atoms with E-state index in [0.29, 0.717) is 23.4 Å². The number of anilines is 1. The van der Waals surface area contributed by atoms with E-state index < -0.39 is 0 Å². The summed E-state index contributed by atoms with van der Waals surface area (Å²) in [5.74, 6) is 0.386. The fraction of sp³-hybridized carbons (Fsp3) is 0.222. The molecule has 0 aliphatic carbocycles. The van der Waals surface area contributed by atoms with Crippen molar-refractivity contribution in [3.63, 3.8) is 0 Å². The Bertz CT molecular complexity index is 666. The largest absolute Gasteiger partial charge is 0.462 e. The highest BCUT2D eigenvalue weighted by atomic mass is 32.2. The van der Waals surface area contributed by atoms with E-state index in [1.165, 1.54) is 5.56 Å². The Hall–Kier alpha value is -2.27. The van der Waals surface area contributed by atoms with Crippen LogP contribution < -0.4 is 5.32 Å². The summed E-state index contributed by atoms with van der Waals surface area (Å²) >= 11 is 1.74. The van der Waals surface area contributed by atoms with E-state index in [4.69, 9.17) is 4.74 Å². The van der Waals surface area contributed by atoms with Gasteiger partial charge in [-0.05, 0) is 55.1 Å². The maximum atomic E-state index is 12.2. The van der Waals surface area contributed by atoms with Crippen molar-refractivity contribution in [2.24, 2.45) is 0 Å². The van der Waals surface area contributed by atoms with Crippen molar-refractivity contribution < 1.29 is 14.3 Å². The minimum atomic E-state index is -0.366. The molecule has 0 saturated carbocycles. The monoisotopic (exact) mass is 329 g/mol. The number of benzene rings is 2.